The maximum atomic E-state index is 4.58. The summed E-state index contributed by atoms with van der Waals surface area (Å²) in [6, 6.07) is 7.01. The van der Waals surface area contributed by atoms with Crippen LogP contribution in [-0.2, 0) is 19.9 Å². The molecular formula is C16H25N3S. The van der Waals surface area contributed by atoms with Crippen LogP contribution in [0.1, 0.15) is 49.0 Å². The van der Waals surface area contributed by atoms with Gasteiger partial charge in [-0.25, -0.2) is 0 Å². The zero-order valence-corrected chi connectivity index (χ0v) is 13.5. The van der Waals surface area contributed by atoms with Crippen LogP contribution in [0.25, 0.3) is 0 Å². The van der Waals surface area contributed by atoms with Gasteiger partial charge in [0.25, 0.3) is 0 Å². The summed E-state index contributed by atoms with van der Waals surface area (Å²) in [4.78, 5) is 1.46. The predicted octanol–water partition coefficient (Wildman–Crippen LogP) is 3.72. The van der Waals surface area contributed by atoms with Crippen molar-refractivity contribution in [1.29, 1.82) is 0 Å². The molecule has 1 atom stereocenters. The second kappa shape index (κ2) is 7.60. The molecule has 0 fully saturated rings. The monoisotopic (exact) mass is 291 g/mol. The Hall–Kier alpha value is -1.13. The summed E-state index contributed by atoms with van der Waals surface area (Å²) < 4.78 is 2.04. The predicted molar refractivity (Wildman–Crippen MR) is 86.3 cm³/mol. The van der Waals surface area contributed by atoms with E-state index in [0.29, 0.717) is 6.04 Å². The van der Waals surface area contributed by atoms with Gasteiger partial charge in [-0.2, -0.15) is 5.10 Å². The van der Waals surface area contributed by atoms with Crippen LogP contribution in [0.3, 0.4) is 0 Å². The van der Waals surface area contributed by atoms with Crippen molar-refractivity contribution in [2.45, 2.75) is 45.6 Å². The number of nitrogens with zero attached hydrogens (tertiary/aromatic N) is 2. The minimum Gasteiger partial charge on any atom is -0.309 e. The molecule has 4 heteroatoms. The minimum absolute atomic E-state index is 0.398. The lowest BCUT2D eigenvalue weighted by Crippen LogP contribution is -2.24. The lowest BCUT2D eigenvalue weighted by molar-refractivity contribution is 0.469. The second-order valence-corrected chi connectivity index (χ2v) is 6.19. The van der Waals surface area contributed by atoms with Gasteiger partial charge in [-0.1, -0.05) is 19.9 Å². The van der Waals surface area contributed by atoms with Gasteiger partial charge in [0.2, 0.25) is 0 Å². The fraction of sp³-hybridized carbons (Fsp3) is 0.562. The van der Waals surface area contributed by atoms with Crippen molar-refractivity contribution < 1.29 is 0 Å². The molecule has 0 radical (unpaired) electrons. The summed E-state index contributed by atoms with van der Waals surface area (Å²) in [5.41, 5.74) is 2.49. The summed E-state index contributed by atoms with van der Waals surface area (Å²) in [5.74, 6) is 0. The second-order valence-electron chi connectivity index (χ2n) is 5.16. The van der Waals surface area contributed by atoms with Crippen molar-refractivity contribution in [2.24, 2.45) is 7.05 Å². The molecule has 3 nitrogen and oxygen atoms in total. The maximum Gasteiger partial charge on any atom is 0.0625 e. The Morgan fingerprint density at radius 1 is 1.40 bits per heavy atom. The van der Waals surface area contributed by atoms with Crippen molar-refractivity contribution in [3.8, 4) is 0 Å². The Kier molecular flexibility index (Phi) is 5.80. The molecule has 2 aromatic rings. The first kappa shape index (κ1) is 15.3. The minimum atomic E-state index is 0.398. The molecule has 0 aromatic carbocycles. The van der Waals surface area contributed by atoms with Crippen molar-refractivity contribution in [3.05, 3.63) is 39.8 Å². The zero-order chi connectivity index (χ0) is 14.4. The number of thiophene rings is 1. The summed E-state index contributed by atoms with van der Waals surface area (Å²) >= 11 is 1.85. The number of nitrogens with one attached hydrogen (secondary N) is 1. The molecule has 0 amide bonds. The van der Waals surface area contributed by atoms with Crippen molar-refractivity contribution in [2.75, 3.05) is 6.54 Å². The van der Waals surface area contributed by atoms with Gasteiger partial charge in [0.05, 0.1) is 11.4 Å². The molecule has 0 spiro atoms. The fourth-order valence-electron chi connectivity index (χ4n) is 2.46. The highest BCUT2D eigenvalue weighted by Gasteiger charge is 2.16. The Labute approximate surface area is 126 Å². The van der Waals surface area contributed by atoms with Gasteiger partial charge in [0.15, 0.2) is 0 Å². The van der Waals surface area contributed by atoms with E-state index in [9.17, 15) is 0 Å². The van der Waals surface area contributed by atoms with Crippen LogP contribution in [0.2, 0.25) is 0 Å². The van der Waals surface area contributed by atoms with Crippen LogP contribution in [0.5, 0.6) is 0 Å². The van der Waals surface area contributed by atoms with E-state index in [1.807, 2.05) is 16.0 Å². The molecule has 0 saturated carbocycles. The number of hydrogen-bond acceptors (Lipinski definition) is 3. The normalized spacial score (nSPS) is 12.8. The molecule has 0 aliphatic rings. The first-order valence-electron chi connectivity index (χ1n) is 7.53. The van der Waals surface area contributed by atoms with Crippen LogP contribution in [0.15, 0.2) is 23.6 Å². The SMILES string of the molecule is CCCNC(CCc1cccs1)c1cc(CC)nn1C. The largest absolute Gasteiger partial charge is 0.309 e. The van der Waals surface area contributed by atoms with Gasteiger partial charge in [0, 0.05) is 18.0 Å². The summed E-state index contributed by atoms with van der Waals surface area (Å²) in [6.45, 7) is 5.43. The van der Waals surface area contributed by atoms with Gasteiger partial charge in [-0.3, -0.25) is 4.68 Å². The van der Waals surface area contributed by atoms with E-state index in [1.165, 1.54) is 16.3 Å². The molecular weight excluding hydrogens is 266 g/mol. The van der Waals surface area contributed by atoms with E-state index in [4.69, 9.17) is 0 Å². The third-order valence-corrected chi connectivity index (χ3v) is 4.52. The van der Waals surface area contributed by atoms with Crippen molar-refractivity contribution in [3.63, 3.8) is 0 Å². The Morgan fingerprint density at radius 2 is 2.25 bits per heavy atom. The molecule has 1 N–H and O–H groups in total. The fourth-order valence-corrected chi connectivity index (χ4v) is 3.18. The van der Waals surface area contributed by atoms with Crippen LogP contribution in [0.4, 0.5) is 0 Å². The van der Waals surface area contributed by atoms with E-state index in [0.717, 1.165) is 32.2 Å². The van der Waals surface area contributed by atoms with Crippen molar-refractivity contribution in [1.82, 2.24) is 15.1 Å². The molecule has 1 unspecified atom stereocenters. The molecule has 2 heterocycles. The smallest absolute Gasteiger partial charge is 0.0625 e. The number of aryl methyl sites for hydroxylation is 3. The summed E-state index contributed by atoms with van der Waals surface area (Å²) in [5, 5.41) is 10.4. The first-order chi connectivity index (χ1) is 9.74. The highest BCUT2D eigenvalue weighted by atomic mass is 32.1. The number of rotatable bonds is 8. The summed E-state index contributed by atoms with van der Waals surface area (Å²) in [6.07, 6.45) is 4.42. The molecule has 0 saturated heterocycles. The van der Waals surface area contributed by atoms with E-state index in [2.05, 4.69) is 54.9 Å². The number of hydrogen-bond donors (Lipinski definition) is 1. The van der Waals surface area contributed by atoms with Crippen LogP contribution in [-0.4, -0.2) is 16.3 Å². The van der Waals surface area contributed by atoms with Gasteiger partial charge >= 0.3 is 0 Å². The zero-order valence-electron chi connectivity index (χ0n) is 12.7. The topological polar surface area (TPSA) is 29.9 Å². The van der Waals surface area contributed by atoms with E-state index in [-0.39, 0.29) is 0 Å². The molecule has 20 heavy (non-hydrogen) atoms. The van der Waals surface area contributed by atoms with Crippen LogP contribution >= 0.6 is 11.3 Å². The average Bonchev–Trinajstić information content (AvgIpc) is 3.09. The standard InChI is InChI=1S/C16H25N3S/c1-4-10-17-15(9-8-14-7-6-11-20-14)16-12-13(5-2)18-19(16)3/h6-7,11-12,15,17H,4-5,8-10H2,1-3H3. The highest BCUT2D eigenvalue weighted by molar-refractivity contribution is 7.09. The summed E-state index contributed by atoms with van der Waals surface area (Å²) in [7, 11) is 2.06. The van der Waals surface area contributed by atoms with E-state index < -0.39 is 0 Å². The van der Waals surface area contributed by atoms with Gasteiger partial charge in [-0.05, 0) is 49.7 Å². The van der Waals surface area contributed by atoms with Crippen molar-refractivity contribution >= 4 is 11.3 Å². The van der Waals surface area contributed by atoms with Gasteiger partial charge in [0.1, 0.15) is 0 Å². The average molecular weight is 291 g/mol. The molecule has 110 valence electrons. The molecule has 0 aliphatic heterocycles. The lowest BCUT2D eigenvalue weighted by atomic mass is 10.1. The maximum absolute atomic E-state index is 4.58. The quantitative estimate of drug-likeness (QED) is 0.803. The van der Waals surface area contributed by atoms with Crippen LogP contribution < -0.4 is 5.32 Å². The van der Waals surface area contributed by atoms with Crippen LogP contribution in [0, 0.1) is 0 Å². The molecule has 0 bridgehead atoms. The Bertz CT molecular complexity index is 502. The molecule has 0 aliphatic carbocycles. The number of aromatic nitrogens is 2. The Morgan fingerprint density at radius 3 is 2.85 bits per heavy atom. The third kappa shape index (κ3) is 3.93. The van der Waals surface area contributed by atoms with Gasteiger partial charge in [-0.15, -0.1) is 11.3 Å². The highest BCUT2D eigenvalue weighted by Crippen LogP contribution is 2.22. The van der Waals surface area contributed by atoms with E-state index in [1.54, 1.807) is 0 Å². The first-order valence-corrected chi connectivity index (χ1v) is 8.41. The van der Waals surface area contributed by atoms with Gasteiger partial charge < -0.3 is 5.32 Å². The van der Waals surface area contributed by atoms with E-state index >= 15 is 0 Å². The lowest BCUT2D eigenvalue weighted by Gasteiger charge is -2.18. The molecule has 2 aromatic heterocycles. The third-order valence-electron chi connectivity index (χ3n) is 3.59. The molecule has 2 rings (SSSR count). The Balaban J connectivity index is 2.07.